The van der Waals surface area contributed by atoms with E-state index in [-0.39, 0.29) is 15.8 Å². The number of hydrogen-bond acceptors (Lipinski definition) is 2. The molecule has 0 fully saturated rings. The molecule has 106 valence electrons. The van der Waals surface area contributed by atoms with E-state index in [4.69, 9.17) is 23.2 Å². The van der Waals surface area contributed by atoms with Crippen molar-refractivity contribution in [1.82, 2.24) is 0 Å². The minimum atomic E-state index is -0.631. The third-order valence-electron chi connectivity index (χ3n) is 2.56. The molecule has 0 saturated heterocycles. The number of aromatic hydroxyl groups is 1. The Kier molecular flexibility index (Phi) is 5.18. The highest BCUT2D eigenvalue weighted by Crippen LogP contribution is 2.34. The van der Waals surface area contributed by atoms with Crippen LogP contribution in [0, 0.1) is 5.82 Å². The molecule has 0 aliphatic heterocycles. The molecule has 0 heterocycles. The summed E-state index contributed by atoms with van der Waals surface area (Å²) < 4.78 is 14.5. The van der Waals surface area contributed by atoms with Crippen molar-refractivity contribution in [2.75, 3.05) is 5.32 Å². The molecule has 0 aliphatic rings. The maximum absolute atomic E-state index is 13.3. The average molecular weight is 444 g/mol. The zero-order valence-corrected chi connectivity index (χ0v) is 14.5. The van der Waals surface area contributed by atoms with Gasteiger partial charge in [0.1, 0.15) is 5.75 Å². The largest absolute Gasteiger partial charge is 0.506 e. The Bertz CT molecular complexity index is 563. The van der Waals surface area contributed by atoms with Gasteiger partial charge in [0.15, 0.2) is 5.82 Å². The molecule has 0 unspecified atom stereocenters. The number of rotatable bonds is 3. The third kappa shape index (κ3) is 3.58. The second-order valence-corrected chi connectivity index (χ2v) is 6.54. The van der Waals surface area contributed by atoms with Crippen LogP contribution < -0.4 is 5.32 Å². The summed E-state index contributed by atoms with van der Waals surface area (Å²) in [6, 6.07) is 6.49. The second kappa shape index (κ2) is 6.52. The van der Waals surface area contributed by atoms with E-state index < -0.39 is 5.82 Å². The van der Waals surface area contributed by atoms with Crippen molar-refractivity contribution < 1.29 is 9.50 Å². The van der Waals surface area contributed by atoms with Crippen molar-refractivity contribution in [2.24, 2.45) is 0 Å². The number of benzene rings is 2. The molecule has 0 bridgehead atoms. The van der Waals surface area contributed by atoms with Gasteiger partial charge >= 0.3 is 0 Å². The lowest BCUT2D eigenvalue weighted by Crippen LogP contribution is -2.00. The van der Waals surface area contributed by atoms with Gasteiger partial charge in [0.25, 0.3) is 0 Å². The van der Waals surface area contributed by atoms with Gasteiger partial charge in [-0.15, -0.1) is 0 Å². The third-order valence-corrected chi connectivity index (χ3v) is 4.32. The molecule has 2 nitrogen and oxygen atoms in total. The first-order chi connectivity index (χ1) is 9.38. The smallest absolute Gasteiger partial charge is 0.160 e. The normalized spacial score (nSPS) is 10.7. The fraction of sp³-hybridized carbons (Fsp3) is 0.0769. The van der Waals surface area contributed by atoms with E-state index in [9.17, 15) is 9.50 Å². The molecule has 0 radical (unpaired) electrons. The summed E-state index contributed by atoms with van der Waals surface area (Å²) in [6.45, 7) is 0.468. The Balaban J connectivity index is 2.17. The molecular weight excluding hydrogens is 436 g/mol. The van der Waals surface area contributed by atoms with E-state index in [2.05, 4.69) is 37.2 Å². The maximum atomic E-state index is 13.3. The molecule has 7 heteroatoms. The predicted octanol–water partition coefficient (Wildman–Crippen LogP) is 5.98. The van der Waals surface area contributed by atoms with Crippen molar-refractivity contribution in [2.45, 2.75) is 6.54 Å². The molecule has 0 spiro atoms. The van der Waals surface area contributed by atoms with Gasteiger partial charge in [-0.05, 0) is 61.7 Å². The lowest BCUT2D eigenvalue weighted by Gasteiger charge is -2.10. The number of phenolic OH excluding ortho intramolecular Hbond substituents is 1. The summed E-state index contributed by atoms with van der Waals surface area (Å²) in [5, 5.41) is 12.6. The molecule has 0 aliphatic carbocycles. The van der Waals surface area contributed by atoms with Crippen molar-refractivity contribution >= 4 is 60.7 Å². The van der Waals surface area contributed by atoms with E-state index in [0.717, 1.165) is 5.56 Å². The zero-order chi connectivity index (χ0) is 14.9. The van der Waals surface area contributed by atoms with Crippen molar-refractivity contribution in [3.05, 3.63) is 54.6 Å². The zero-order valence-electron chi connectivity index (χ0n) is 9.85. The molecule has 2 N–H and O–H groups in total. The highest BCUT2D eigenvalue weighted by molar-refractivity contribution is 9.11. The van der Waals surface area contributed by atoms with Crippen molar-refractivity contribution in [1.29, 1.82) is 0 Å². The highest BCUT2D eigenvalue weighted by atomic mass is 79.9. The topological polar surface area (TPSA) is 32.3 Å². The van der Waals surface area contributed by atoms with E-state index in [1.54, 1.807) is 12.1 Å². The van der Waals surface area contributed by atoms with Gasteiger partial charge in [-0.2, -0.15) is 0 Å². The van der Waals surface area contributed by atoms with Crippen LogP contribution in [0.15, 0.2) is 33.2 Å². The van der Waals surface area contributed by atoms with E-state index in [1.807, 2.05) is 0 Å². The Morgan fingerprint density at radius 3 is 2.05 bits per heavy atom. The van der Waals surface area contributed by atoms with Crippen LogP contribution in [-0.4, -0.2) is 5.11 Å². The summed E-state index contributed by atoms with van der Waals surface area (Å²) in [5.41, 5.74) is 1.53. The summed E-state index contributed by atoms with van der Waals surface area (Å²) in [4.78, 5) is 0. The first-order valence-corrected chi connectivity index (χ1v) is 7.78. The summed E-state index contributed by atoms with van der Waals surface area (Å²) in [7, 11) is 0. The van der Waals surface area contributed by atoms with Crippen LogP contribution in [-0.2, 0) is 6.54 Å². The quantitative estimate of drug-likeness (QED) is 0.572. The molecule has 20 heavy (non-hydrogen) atoms. The van der Waals surface area contributed by atoms with Crippen LogP contribution in [0.3, 0.4) is 0 Å². The fourth-order valence-corrected chi connectivity index (χ4v) is 3.35. The number of anilines is 1. The molecule has 2 aromatic rings. The predicted molar refractivity (Wildman–Crippen MR) is 87.3 cm³/mol. The Hall–Kier alpha value is -0.490. The van der Waals surface area contributed by atoms with E-state index in [0.29, 0.717) is 21.2 Å². The molecule has 2 rings (SSSR count). The first-order valence-electron chi connectivity index (χ1n) is 5.44. The molecule has 0 saturated carbocycles. The van der Waals surface area contributed by atoms with Crippen molar-refractivity contribution in [3.8, 4) is 5.75 Å². The van der Waals surface area contributed by atoms with Gasteiger partial charge in [-0.1, -0.05) is 23.2 Å². The molecule has 0 atom stereocenters. The minimum absolute atomic E-state index is 0.0342. The number of nitrogens with one attached hydrogen (secondary N) is 1. The summed E-state index contributed by atoms with van der Waals surface area (Å²) >= 11 is 18.0. The fourth-order valence-electron chi connectivity index (χ4n) is 1.58. The summed E-state index contributed by atoms with van der Waals surface area (Å²) in [5.74, 6) is -0.490. The lowest BCUT2D eigenvalue weighted by molar-refractivity contribution is 0.468. The van der Waals surface area contributed by atoms with Gasteiger partial charge in [-0.3, -0.25) is 0 Å². The second-order valence-electron chi connectivity index (χ2n) is 4.02. The molecule has 0 amide bonds. The lowest BCUT2D eigenvalue weighted by atomic mass is 10.2. The standard InChI is InChI=1S/C13H8Br2Cl2FNO/c14-8-1-6(2-9(15)13(8)20)5-19-7-3-10(16)12(18)11(17)4-7/h1-4,19-20H,5H2. The number of phenols is 1. The van der Waals surface area contributed by atoms with E-state index in [1.165, 1.54) is 12.1 Å². The maximum Gasteiger partial charge on any atom is 0.160 e. The molecule has 2 aromatic carbocycles. The van der Waals surface area contributed by atoms with Gasteiger partial charge < -0.3 is 10.4 Å². The van der Waals surface area contributed by atoms with Gasteiger partial charge in [-0.25, -0.2) is 4.39 Å². The Labute approximate surface area is 142 Å². The minimum Gasteiger partial charge on any atom is -0.506 e. The SMILES string of the molecule is Oc1c(Br)cc(CNc2cc(Cl)c(F)c(Cl)c2)cc1Br. The van der Waals surface area contributed by atoms with Crippen LogP contribution in [0.4, 0.5) is 10.1 Å². The van der Waals surface area contributed by atoms with Gasteiger partial charge in [0, 0.05) is 12.2 Å². The Morgan fingerprint density at radius 2 is 1.55 bits per heavy atom. The monoisotopic (exact) mass is 441 g/mol. The summed E-state index contributed by atoms with van der Waals surface area (Å²) in [6.07, 6.45) is 0. The van der Waals surface area contributed by atoms with Crippen LogP contribution in [0.25, 0.3) is 0 Å². The van der Waals surface area contributed by atoms with Crippen LogP contribution >= 0.6 is 55.1 Å². The van der Waals surface area contributed by atoms with Crippen LogP contribution in [0.5, 0.6) is 5.75 Å². The molecule has 0 aromatic heterocycles. The van der Waals surface area contributed by atoms with Gasteiger partial charge in [0.05, 0.1) is 19.0 Å². The van der Waals surface area contributed by atoms with Crippen LogP contribution in [0.2, 0.25) is 10.0 Å². The highest BCUT2D eigenvalue weighted by Gasteiger charge is 2.09. The molecular formula is C13H8Br2Cl2FNO. The number of halogens is 5. The van der Waals surface area contributed by atoms with E-state index >= 15 is 0 Å². The number of hydrogen-bond donors (Lipinski definition) is 2. The average Bonchev–Trinajstić information content (AvgIpc) is 2.39. The first kappa shape index (κ1) is 15.9. The van der Waals surface area contributed by atoms with Gasteiger partial charge in [0.2, 0.25) is 0 Å². The van der Waals surface area contributed by atoms with Crippen LogP contribution in [0.1, 0.15) is 5.56 Å². The van der Waals surface area contributed by atoms with Crippen molar-refractivity contribution in [3.63, 3.8) is 0 Å². The Morgan fingerprint density at radius 1 is 1.05 bits per heavy atom.